The number of nitrogens with zero attached hydrogens (tertiary/aromatic N) is 4. The number of benzene rings is 2. The second kappa shape index (κ2) is 6.96. The average Bonchev–Trinajstić information content (AvgIpc) is 3.35. The highest BCUT2D eigenvalue weighted by Crippen LogP contribution is 2.20. The molecule has 8 nitrogen and oxygen atoms in total. The van der Waals surface area contributed by atoms with Gasteiger partial charge in [0.2, 0.25) is 0 Å². The number of carbonyl (C=O) groups is 1. The van der Waals surface area contributed by atoms with Gasteiger partial charge in [0.15, 0.2) is 0 Å². The van der Waals surface area contributed by atoms with Crippen molar-refractivity contribution in [3.63, 3.8) is 0 Å². The summed E-state index contributed by atoms with van der Waals surface area (Å²) in [6, 6.07) is 10.1. The Labute approximate surface area is 152 Å². The van der Waals surface area contributed by atoms with Gasteiger partial charge in [0, 0.05) is 11.9 Å². The van der Waals surface area contributed by atoms with Crippen molar-refractivity contribution < 1.29 is 14.3 Å². The molecule has 136 valence electrons. The highest BCUT2D eigenvalue weighted by molar-refractivity contribution is 6.06. The molecule has 1 amide bonds. The number of nitrogens with one attached hydrogen (secondary N) is 2. The fraction of sp³-hybridized carbons (Fsp3) is 0.111. The molecular formula is C18H15FN6O2. The Morgan fingerprint density at radius 3 is 3.00 bits per heavy atom. The van der Waals surface area contributed by atoms with Gasteiger partial charge in [0.1, 0.15) is 11.5 Å². The summed E-state index contributed by atoms with van der Waals surface area (Å²) < 4.78 is 15.7. The van der Waals surface area contributed by atoms with E-state index in [1.807, 2.05) is 24.3 Å². The summed E-state index contributed by atoms with van der Waals surface area (Å²) in [5.41, 5.74) is 2.55. The molecule has 0 aliphatic carbocycles. The Balaban J connectivity index is 1.53. The Hall–Kier alpha value is -3.59. The molecule has 0 saturated heterocycles. The topological polar surface area (TPSA) is 109 Å². The van der Waals surface area contributed by atoms with Crippen molar-refractivity contribution in [1.29, 1.82) is 0 Å². The van der Waals surface area contributed by atoms with Crippen molar-refractivity contribution in [3.05, 3.63) is 71.4 Å². The van der Waals surface area contributed by atoms with Crippen molar-refractivity contribution in [3.8, 4) is 5.69 Å². The first-order valence-corrected chi connectivity index (χ1v) is 8.17. The number of hydrogen-bond donors (Lipinski definition) is 3. The first-order chi connectivity index (χ1) is 13.2. The zero-order chi connectivity index (χ0) is 18.8. The van der Waals surface area contributed by atoms with Crippen molar-refractivity contribution in [2.24, 2.45) is 0 Å². The predicted molar refractivity (Wildman–Crippen MR) is 94.5 cm³/mol. The van der Waals surface area contributed by atoms with Gasteiger partial charge in [-0.15, -0.1) is 5.10 Å². The van der Waals surface area contributed by atoms with Gasteiger partial charge in [-0.2, -0.15) is 5.10 Å². The summed E-state index contributed by atoms with van der Waals surface area (Å²) in [7, 11) is 0. The fourth-order valence-corrected chi connectivity index (χ4v) is 2.80. The van der Waals surface area contributed by atoms with E-state index in [2.05, 4.69) is 25.8 Å². The van der Waals surface area contributed by atoms with Crippen LogP contribution in [0.25, 0.3) is 16.6 Å². The second-order valence-corrected chi connectivity index (χ2v) is 5.92. The lowest BCUT2D eigenvalue weighted by atomic mass is 10.1. The van der Waals surface area contributed by atoms with E-state index in [0.29, 0.717) is 16.6 Å². The van der Waals surface area contributed by atoms with Gasteiger partial charge < -0.3 is 10.4 Å². The lowest BCUT2D eigenvalue weighted by molar-refractivity contribution is 0.0948. The van der Waals surface area contributed by atoms with Gasteiger partial charge >= 0.3 is 0 Å². The maximum atomic E-state index is 14.2. The molecule has 3 N–H and O–H groups in total. The number of rotatable bonds is 5. The van der Waals surface area contributed by atoms with E-state index >= 15 is 0 Å². The van der Waals surface area contributed by atoms with Crippen LogP contribution in [0.1, 0.15) is 21.6 Å². The van der Waals surface area contributed by atoms with Crippen LogP contribution in [0.15, 0.2) is 48.8 Å². The second-order valence-electron chi connectivity index (χ2n) is 5.92. The SMILES string of the molecule is O=C(NCc1cccc(-n2cc(CO)nn2)c1)c1c(F)ccc2[nH]ncc12. The molecular weight excluding hydrogens is 351 g/mol. The molecule has 4 aromatic rings. The standard InChI is InChI=1S/C18H15FN6O2/c19-15-4-5-16-14(8-21-23-16)17(15)18(27)20-7-11-2-1-3-13(6-11)25-9-12(10-26)22-24-25/h1-6,8-9,26H,7,10H2,(H,20,27)(H,21,23). The highest BCUT2D eigenvalue weighted by Gasteiger charge is 2.16. The molecule has 0 atom stereocenters. The van der Waals surface area contributed by atoms with E-state index in [4.69, 9.17) is 5.11 Å². The van der Waals surface area contributed by atoms with Crippen LogP contribution in [0.5, 0.6) is 0 Å². The number of aromatic nitrogens is 5. The van der Waals surface area contributed by atoms with Crippen molar-refractivity contribution >= 4 is 16.8 Å². The number of halogens is 1. The molecule has 4 rings (SSSR count). The van der Waals surface area contributed by atoms with Gasteiger partial charge in [-0.05, 0) is 29.8 Å². The molecule has 0 bridgehead atoms. The van der Waals surface area contributed by atoms with Crippen LogP contribution in [-0.2, 0) is 13.2 Å². The Morgan fingerprint density at radius 1 is 1.30 bits per heavy atom. The maximum Gasteiger partial charge on any atom is 0.255 e. The number of carbonyl (C=O) groups excluding carboxylic acids is 1. The Morgan fingerprint density at radius 2 is 2.19 bits per heavy atom. The summed E-state index contributed by atoms with van der Waals surface area (Å²) in [5, 5.41) is 26.6. The molecule has 27 heavy (non-hydrogen) atoms. The third kappa shape index (κ3) is 3.27. The van der Waals surface area contributed by atoms with Gasteiger partial charge in [-0.1, -0.05) is 17.3 Å². The van der Waals surface area contributed by atoms with E-state index < -0.39 is 11.7 Å². The van der Waals surface area contributed by atoms with Gasteiger partial charge in [0.25, 0.3) is 5.91 Å². The van der Waals surface area contributed by atoms with E-state index in [1.165, 1.54) is 23.0 Å². The van der Waals surface area contributed by atoms with Crippen molar-refractivity contribution in [2.45, 2.75) is 13.2 Å². The monoisotopic (exact) mass is 366 g/mol. The Kier molecular flexibility index (Phi) is 4.35. The van der Waals surface area contributed by atoms with Crippen LogP contribution in [0, 0.1) is 5.82 Å². The van der Waals surface area contributed by atoms with E-state index in [0.717, 1.165) is 11.3 Å². The van der Waals surface area contributed by atoms with Crippen molar-refractivity contribution in [2.75, 3.05) is 0 Å². The quantitative estimate of drug-likeness (QED) is 0.498. The molecule has 9 heteroatoms. The van der Waals surface area contributed by atoms with E-state index in [1.54, 1.807) is 6.20 Å². The number of aliphatic hydroxyl groups is 1. The zero-order valence-electron chi connectivity index (χ0n) is 14.1. The summed E-state index contributed by atoms with van der Waals surface area (Å²) in [5.74, 6) is -1.12. The fourth-order valence-electron chi connectivity index (χ4n) is 2.80. The Bertz CT molecular complexity index is 1120. The number of aliphatic hydroxyl groups excluding tert-OH is 1. The number of aromatic amines is 1. The van der Waals surface area contributed by atoms with Gasteiger partial charge in [-0.25, -0.2) is 9.07 Å². The average molecular weight is 366 g/mol. The molecule has 0 fully saturated rings. The van der Waals surface area contributed by atoms with Crippen LogP contribution in [0.4, 0.5) is 4.39 Å². The van der Waals surface area contributed by atoms with Crippen LogP contribution < -0.4 is 5.32 Å². The predicted octanol–water partition coefficient (Wildman–Crippen LogP) is 1.70. The van der Waals surface area contributed by atoms with Crippen LogP contribution in [-0.4, -0.2) is 36.2 Å². The first kappa shape index (κ1) is 16.9. The highest BCUT2D eigenvalue weighted by atomic mass is 19.1. The molecule has 0 unspecified atom stereocenters. The third-order valence-electron chi connectivity index (χ3n) is 4.13. The molecule has 0 saturated carbocycles. The van der Waals surface area contributed by atoms with Crippen LogP contribution in [0.2, 0.25) is 0 Å². The van der Waals surface area contributed by atoms with Gasteiger partial charge in [-0.3, -0.25) is 9.89 Å². The summed E-state index contributed by atoms with van der Waals surface area (Å²) in [4.78, 5) is 12.5. The smallest absolute Gasteiger partial charge is 0.255 e. The molecule has 0 spiro atoms. The minimum atomic E-state index is -0.603. The van der Waals surface area contributed by atoms with Crippen LogP contribution >= 0.6 is 0 Å². The minimum absolute atomic E-state index is 0.0405. The molecule has 0 radical (unpaired) electrons. The van der Waals surface area contributed by atoms with Gasteiger partial charge in [0.05, 0.1) is 35.8 Å². The molecule has 2 aromatic heterocycles. The van der Waals surface area contributed by atoms with Crippen LogP contribution in [0.3, 0.4) is 0 Å². The normalized spacial score (nSPS) is 11.0. The maximum absolute atomic E-state index is 14.2. The molecule has 0 aliphatic rings. The largest absolute Gasteiger partial charge is 0.390 e. The van der Waals surface area contributed by atoms with Crippen molar-refractivity contribution in [1.82, 2.24) is 30.5 Å². The summed E-state index contributed by atoms with van der Waals surface area (Å²) >= 11 is 0. The molecule has 2 heterocycles. The third-order valence-corrected chi connectivity index (χ3v) is 4.13. The lowest BCUT2D eigenvalue weighted by Gasteiger charge is -2.09. The number of hydrogen-bond acceptors (Lipinski definition) is 5. The van der Waals surface area contributed by atoms with E-state index in [-0.39, 0.29) is 18.7 Å². The number of H-pyrrole nitrogens is 1. The molecule has 0 aliphatic heterocycles. The number of amides is 1. The molecule has 2 aromatic carbocycles. The first-order valence-electron chi connectivity index (χ1n) is 8.17. The van der Waals surface area contributed by atoms with E-state index in [9.17, 15) is 9.18 Å². The minimum Gasteiger partial charge on any atom is -0.390 e. The lowest BCUT2D eigenvalue weighted by Crippen LogP contribution is -2.24. The summed E-state index contributed by atoms with van der Waals surface area (Å²) in [6.07, 6.45) is 3.05. The summed E-state index contributed by atoms with van der Waals surface area (Å²) in [6.45, 7) is 0.0166. The number of fused-ring (bicyclic) bond motifs is 1. The zero-order valence-corrected chi connectivity index (χ0v) is 14.1.